The number of rotatable bonds is 10. The van der Waals surface area contributed by atoms with E-state index in [9.17, 15) is 9.50 Å². The molecule has 8 heteroatoms. The molecule has 1 aromatic heterocycles. The number of benzene rings is 2. The number of ether oxygens (including phenoxy) is 3. The minimum atomic E-state index is -1.16. The highest BCUT2D eigenvalue weighted by atomic mass is 19.1. The number of aromatic nitrogens is 2. The van der Waals surface area contributed by atoms with E-state index in [1.165, 1.54) is 12.1 Å². The maximum absolute atomic E-state index is 13.1. The Balaban J connectivity index is 1.28. The molecule has 0 amide bonds. The molecule has 0 bridgehead atoms. The molecule has 0 spiro atoms. The van der Waals surface area contributed by atoms with Crippen molar-refractivity contribution in [2.24, 2.45) is 0 Å². The summed E-state index contributed by atoms with van der Waals surface area (Å²) in [4.78, 5) is 2.15. The van der Waals surface area contributed by atoms with E-state index in [0.29, 0.717) is 38.6 Å². The topological polar surface area (TPSA) is 69.0 Å². The van der Waals surface area contributed by atoms with Gasteiger partial charge in [-0.3, -0.25) is 9.58 Å². The molecule has 1 unspecified atom stereocenters. The van der Waals surface area contributed by atoms with E-state index >= 15 is 0 Å². The summed E-state index contributed by atoms with van der Waals surface area (Å²) in [7, 11) is 0. The van der Waals surface area contributed by atoms with Crippen LogP contribution in [-0.4, -0.2) is 64.9 Å². The molecule has 0 aliphatic carbocycles. The van der Waals surface area contributed by atoms with Crippen molar-refractivity contribution in [1.82, 2.24) is 14.7 Å². The second kappa shape index (κ2) is 11.5. The lowest BCUT2D eigenvalue weighted by Crippen LogP contribution is -2.48. The first-order chi connectivity index (χ1) is 16.5. The number of hydrogen-bond donors (Lipinski definition) is 1. The summed E-state index contributed by atoms with van der Waals surface area (Å²) in [5.74, 6) is 1.02. The molecule has 1 atom stereocenters. The number of hydrogen-bond acceptors (Lipinski definition) is 6. The highest BCUT2D eigenvalue weighted by Gasteiger charge is 2.33. The van der Waals surface area contributed by atoms with E-state index in [-0.39, 0.29) is 19.0 Å². The zero-order valence-electron chi connectivity index (χ0n) is 19.5. The third-order valence-electron chi connectivity index (χ3n) is 5.63. The van der Waals surface area contributed by atoms with Crippen LogP contribution in [0.4, 0.5) is 4.39 Å². The van der Waals surface area contributed by atoms with Gasteiger partial charge in [-0.05, 0) is 54.4 Å². The molecule has 182 valence electrons. The molecule has 0 radical (unpaired) electrons. The second-order valence-corrected chi connectivity index (χ2v) is 8.86. The average molecular weight is 470 g/mol. The molecule has 3 aromatic rings. The number of halogens is 1. The first-order valence-electron chi connectivity index (χ1n) is 11.6. The van der Waals surface area contributed by atoms with E-state index in [4.69, 9.17) is 14.2 Å². The lowest BCUT2D eigenvalue weighted by atomic mass is 10.1. The van der Waals surface area contributed by atoms with E-state index in [2.05, 4.69) is 16.1 Å². The van der Waals surface area contributed by atoms with Gasteiger partial charge in [0.1, 0.15) is 29.5 Å². The van der Waals surface area contributed by atoms with Gasteiger partial charge in [0.05, 0.1) is 26.0 Å². The van der Waals surface area contributed by atoms with Crippen LogP contribution in [-0.2, 0) is 17.8 Å². The van der Waals surface area contributed by atoms with Gasteiger partial charge in [0.2, 0.25) is 0 Å². The molecule has 1 aliphatic heterocycles. The van der Waals surface area contributed by atoms with Crippen molar-refractivity contribution in [2.45, 2.75) is 32.0 Å². The van der Waals surface area contributed by atoms with Gasteiger partial charge in [0.25, 0.3) is 0 Å². The maximum Gasteiger partial charge on any atom is 0.134 e. The molecular weight excluding hydrogens is 437 g/mol. The van der Waals surface area contributed by atoms with Crippen molar-refractivity contribution in [3.8, 4) is 11.5 Å². The first-order valence-corrected chi connectivity index (χ1v) is 11.6. The quantitative estimate of drug-likeness (QED) is 0.459. The van der Waals surface area contributed by atoms with Crippen molar-refractivity contribution in [2.75, 3.05) is 39.5 Å². The maximum atomic E-state index is 13.1. The summed E-state index contributed by atoms with van der Waals surface area (Å²) in [6.45, 7) is 6.00. The summed E-state index contributed by atoms with van der Waals surface area (Å²) in [6, 6.07) is 13.8. The Labute approximate surface area is 199 Å². The number of aryl methyl sites for hydroxylation is 2. The summed E-state index contributed by atoms with van der Waals surface area (Å²) in [6.07, 6.45) is 4.75. The molecule has 7 nitrogen and oxygen atoms in total. The fourth-order valence-electron chi connectivity index (χ4n) is 3.97. The summed E-state index contributed by atoms with van der Waals surface area (Å²) < 4.78 is 32.3. The SMILES string of the molecule is Cc1cnn(CCCOc2cccc(CN3CCOCC(O)(COc4ccc(F)cc4)C3)c2)c1. The molecule has 2 heterocycles. The predicted octanol–water partition coefficient (Wildman–Crippen LogP) is 3.44. The Morgan fingerprint density at radius 1 is 1.15 bits per heavy atom. The van der Waals surface area contributed by atoms with Crippen LogP contribution in [0.15, 0.2) is 60.9 Å². The van der Waals surface area contributed by atoms with Gasteiger partial charge in [-0.15, -0.1) is 0 Å². The minimum absolute atomic E-state index is 0.0636. The molecule has 1 saturated heterocycles. The van der Waals surface area contributed by atoms with Crippen LogP contribution >= 0.6 is 0 Å². The van der Waals surface area contributed by atoms with Crippen molar-refractivity contribution >= 4 is 0 Å². The Hall–Kier alpha value is -2.94. The van der Waals surface area contributed by atoms with Crippen LogP contribution in [0.2, 0.25) is 0 Å². The monoisotopic (exact) mass is 469 g/mol. The van der Waals surface area contributed by atoms with Gasteiger partial charge in [-0.25, -0.2) is 4.39 Å². The number of aliphatic hydroxyl groups is 1. The summed E-state index contributed by atoms with van der Waals surface area (Å²) in [5.41, 5.74) is 1.09. The molecule has 34 heavy (non-hydrogen) atoms. The standard InChI is InChI=1S/C26H32FN3O4/c1-21-15-28-30(16-21)10-3-12-33-25-5-2-4-22(14-25)17-29-11-13-32-19-26(31,18-29)20-34-24-8-6-23(27)7-9-24/h2,4-9,14-16,31H,3,10-13,17-20H2,1H3. The Bertz CT molecular complexity index is 1040. The van der Waals surface area contributed by atoms with E-state index < -0.39 is 5.60 Å². The van der Waals surface area contributed by atoms with Gasteiger partial charge < -0.3 is 19.3 Å². The Kier molecular flexibility index (Phi) is 8.16. The van der Waals surface area contributed by atoms with Gasteiger partial charge in [-0.2, -0.15) is 5.10 Å². The van der Waals surface area contributed by atoms with Crippen molar-refractivity contribution in [3.05, 3.63) is 77.9 Å². The zero-order chi connectivity index (χ0) is 23.8. The largest absolute Gasteiger partial charge is 0.494 e. The van der Waals surface area contributed by atoms with Crippen LogP contribution in [0.3, 0.4) is 0 Å². The molecular formula is C26H32FN3O4. The lowest BCUT2D eigenvalue weighted by molar-refractivity contribution is -0.0646. The molecule has 2 aromatic carbocycles. The minimum Gasteiger partial charge on any atom is -0.494 e. The molecule has 1 fully saturated rings. The highest BCUT2D eigenvalue weighted by molar-refractivity contribution is 5.28. The van der Waals surface area contributed by atoms with Crippen molar-refractivity contribution in [3.63, 3.8) is 0 Å². The zero-order valence-corrected chi connectivity index (χ0v) is 19.5. The number of nitrogens with zero attached hydrogens (tertiary/aromatic N) is 3. The summed E-state index contributed by atoms with van der Waals surface area (Å²) >= 11 is 0. The molecule has 4 rings (SSSR count). The van der Waals surface area contributed by atoms with Crippen molar-refractivity contribution in [1.29, 1.82) is 0 Å². The fourth-order valence-corrected chi connectivity index (χ4v) is 3.97. The molecule has 0 saturated carbocycles. The normalized spacial score (nSPS) is 19.0. The van der Waals surface area contributed by atoms with E-state index in [0.717, 1.165) is 29.8 Å². The van der Waals surface area contributed by atoms with Crippen LogP contribution in [0.25, 0.3) is 0 Å². The smallest absolute Gasteiger partial charge is 0.134 e. The fraction of sp³-hybridized carbons (Fsp3) is 0.423. The molecule has 1 N–H and O–H groups in total. The predicted molar refractivity (Wildman–Crippen MR) is 126 cm³/mol. The van der Waals surface area contributed by atoms with Crippen LogP contribution in [0, 0.1) is 12.7 Å². The number of β-amino-alcohol motifs (C(OH)–C–C–N with tert-alkyl or cyclic N) is 1. The van der Waals surface area contributed by atoms with Gasteiger partial charge in [-0.1, -0.05) is 12.1 Å². The van der Waals surface area contributed by atoms with Crippen LogP contribution in [0.1, 0.15) is 17.5 Å². The van der Waals surface area contributed by atoms with Crippen molar-refractivity contribution < 1.29 is 23.7 Å². The third kappa shape index (κ3) is 7.28. The Morgan fingerprint density at radius 2 is 2.00 bits per heavy atom. The summed E-state index contributed by atoms with van der Waals surface area (Å²) in [5, 5.41) is 15.4. The molecule has 1 aliphatic rings. The average Bonchev–Trinajstić information content (AvgIpc) is 3.15. The lowest BCUT2D eigenvalue weighted by Gasteiger charge is -2.30. The van der Waals surface area contributed by atoms with Gasteiger partial charge in [0, 0.05) is 38.8 Å². The van der Waals surface area contributed by atoms with Gasteiger partial charge >= 0.3 is 0 Å². The van der Waals surface area contributed by atoms with E-state index in [1.54, 1.807) is 12.1 Å². The third-order valence-corrected chi connectivity index (χ3v) is 5.63. The van der Waals surface area contributed by atoms with E-state index in [1.807, 2.05) is 42.2 Å². The first kappa shape index (κ1) is 24.2. The van der Waals surface area contributed by atoms with Crippen LogP contribution < -0.4 is 9.47 Å². The highest BCUT2D eigenvalue weighted by Crippen LogP contribution is 2.20. The van der Waals surface area contributed by atoms with Gasteiger partial charge in [0.15, 0.2) is 0 Å². The Morgan fingerprint density at radius 3 is 2.79 bits per heavy atom. The second-order valence-electron chi connectivity index (χ2n) is 8.86. The van der Waals surface area contributed by atoms with Crippen LogP contribution in [0.5, 0.6) is 11.5 Å².